The van der Waals surface area contributed by atoms with Gasteiger partial charge in [0.2, 0.25) is 5.91 Å². The lowest BCUT2D eigenvalue weighted by atomic mass is 10.1. The van der Waals surface area contributed by atoms with Crippen LogP contribution in [0.5, 0.6) is 0 Å². The second-order valence-corrected chi connectivity index (χ2v) is 4.57. The molecule has 0 saturated carbocycles. The topological polar surface area (TPSA) is 69.6 Å². The van der Waals surface area contributed by atoms with Crippen molar-refractivity contribution in [3.63, 3.8) is 0 Å². The van der Waals surface area contributed by atoms with E-state index in [9.17, 15) is 9.59 Å². The maximum absolute atomic E-state index is 11.9. The molecule has 0 aromatic heterocycles. The Morgan fingerprint density at radius 3 is 2.83 bits per heavy atom. The number of amides is 1. The van der Waals surface area contributed by atoms with Crippen molar-refractivity contribution < 1.29 is 14.7 Å². The Kier molecular flexibility index (Phi) is 3.34. The highest BCUT2D eigenvalue weighted by atomic mass is 16.4. The number of hydrogen-bond acceptors (Lipinski definition) is 3. The highest BCUT2D eigenvalue weighted by molar-refractivity contribution is 5.98. The highest BCUT2D eigenvalue weighted by Crippen LogP contribution is 2.23. The fourth-order valence-electron chi connectivity index (χ4n) is 2.06. The summed E-state index contributed by atoms with van der Waals surface area (Å²) in [6.07, 6.45) is 0. The van der Waals surface area contributed by atoms with Crippen molar-refractivity contribution in [2.24, 2.45) is 0 Å². The number of anilines is 1. The van der Waals surface area contributed by atoms with Crippen LogP contribution in [0.4, 0.5) is 5.69 Å². The third-order valence-corrected chi connectivity index (χ3v) is 3.12. The van der Waals surface area contributed by atoms with Crippen LogP contribution in [-0.2, 0) is 9.59 Å². The fraction of sp³-hybridized carbons (Fsp3) is 0.385. The standard InChI is InChI=1S/C13H16N2O3/c1-8-3-4-9(2)11(5-8)15-7-10(13(17)18)14-6-12(15)16/h3-5,10,14H,6-7H2,1-2H3,(H,17,18). The third-order valence-electron chi connectivity index (χ3n) is 3.12. The number of aryl methyl sites for hydroxylation is 2. The number of carbonyl (C=O) groups excluding carboxylic acids is 1. The van der Waals surface area contributed by atoms with E-state index >= 15 is 0 Å². The van der Waals surface area contributed by atoms with Gasteiger partial charge in [0.15, 0.2) is 0 Å². The predicted octanol–water partition coefficient (Wildman–Crippen LogP) is 0.693. The SMILES string of the molecule is Cc1ccc(C)c(N2CC(C(=O)O)NCC2=O)c1. The van der Waals surface area contributed by atoms with Crippen LogP contribution in [0.25, 0.3) is 0 Å². The number of carboxylic acids is 1. The minimum atomic E-state index is -0.933. The van der Waals surface area contributed by atoms with Gasteiger partial charge in [0.05, 0.1) is 13.1 Å². The van der Waals surface area contributed by atoms with Crippen LogP contribution in [0.3, 0.4) is 0 Å². The molecule has 96 valence electrons. The summed E-state index contributed by atoms with van der Waals surface area (Å²) in [6.45, 7) is 4.09. The molecule has 1 aromatic rings. The average molecular weight is 248 g/mol. The summed E-state index contributed by atoms with van der Waals surface area (Å²) < 4.78 is 0. The van der Waals surface area contributed by atoms with Crippen molar-refractivity contribution in [1.29, 1.82) is 0 Å². The van der Waals surface area contributed by atoms with Gasteiger partial charge in [-0.15, -0.1) is 0 Å². The van der Waals surface area contributed by atoms with Crippen molar-refractivity contribution in [2.45, 2.75) is 19.9 Å². The van der Waals surface area contributed by atoms with E-state index in [0.717, 1.165) is 16.8 Å². The minimum Gasteiger partial charge on any atom is -0.480 e. The van der Waals surface area contributed by atoms with E-state index in [2.05, 4.69) is 5.32 Å². The van der Waals surface area contributed by atoms with Crippen LogP contribution in [0.1, 0.15) is 11.1 Å². The van der Waals surface area contributed by atoms with Crippen molar-refractivity contribution in [3.8, 4) is 0 Å². The predicted molar refractivity (Wildman–Crippen MR) is 67.7 cm³/mol. The summed E-state index contributed by atoms with van der Waals surface area (Å²) >= 11 is 0. The highest BCUT2D eigenvalue weighted by Gasteiger charge is 2.30. The lowest BCUT2D eigenvalue weighted by molar-refractivity contribution is -0.139. The van der Waals surface area contributed by atoms with Gasteiger partial charge in [-0.1, -0.05) is 12.1 Å². The zero-order valence-electron chi connectivity index (χ0n) is 10.4. The molecule has 1 amide bonds. The van der Waals surface area contributed by atoms with E-state index in [-0.39, 0.29) is 19.0 Å². The molecule has 18 heavy (non-hydrogen) atoms. The molecular weight excluding hydrogens is 232 g/mol. The summed E-state index contributed by atoms with van der Waals surface area (Å²) in [5, 5.41) is 11.7. The van der Waals surface area contributed by atoms with Gasteiger partial charge in [0.1, 0.15) is 6.04 Å². The Hall–Kier alpha value is -1.88. The molecule has 1 aliphatic rings. The van der Waals surface area contributed by atoms with E-state index in [1.807, 2.05) is 32.0 Å². The summed E-state index contributed by atoms with van der Waals surface area (Å²) in [6, 6.07) is 5.12. The Morgan fingerprint density at radius 1 is 1.44 bits per heavy atom. The average Bonchev–Trinajstić information content (AvgIpc) is 2.33. The normalized spacial score (nSPS) is 20.0. The molecular formula is C13H16N2O3. The molecule has 1 fully saturated rings. The summed E-state index contributed by atoms with van der Waals surface area (Å²) in [7, 11) is 0. The molecule has 1 aliphatic heterocycles. The molecule has 0 spiro atoms. The molecule has 1 unspecified atom stereocenters. The smallest absolute Gasteiger partial charge is 0.322 e. The number of hydrogen-bond donors (Lipinski definition) is 2. The van der Waals surface area contributed by atoms with Gasteiger partial charge >= 0.3 is 5.97 Å². The minimum absolute atomic E-state index is 0.0599. The molecule has 1 saturated heterocycles. The Morgan fingerprint density at radius 2 is 2.17 bits per heavy atom. The zero-order valence-corrected chi connectivity index (χ0v) is 10.4. The van der Waals surface area contributed by atoms with E-state index in [1.54, 1.807) is 4.90 Å². The number of benzene rings is 1. The van der Waals surface area contributed by atoms with E-state index < -0.39 is 12.0 Å². The molecule has 0 aliphatic carbocycles. The number of carboxylic acid groups (broad SMARTS) is 1. The molecule has 1 atom stereocenters. The first-order valence-electron chi connectivity index (χ1n) is 5.83. The molecule has 5 heteroatoms. The Labute approximate surface area is 105 Å². The van der Waals surface area contributed by atoms with Crippen molar-refractivity contribution in [1.82, 2.24) is 5.32 Å². The number of carbonyl (C=O) groups is 2. The van der Waals surface area contributed by atoms with Gasteiger partial charge in [-0.25, -0.2) is 0 Å². The Bertz CT molecular complexity index is 499. The molecule has 1 heterocycles. The maximum Gasteiger partial charge on any atom is 0.322 e. The molecule has 1 aromatic carbocycles. The summed E-state index contributed by atoms with van der Waals surface area (Å²) in [4.78, 5) is 24.4. The first-order chi connectivity index (χ1) is 8.49. The molecule has 2 N–H and O–H groups in total. The van der Waals surface area contributed by atoms with Crippen LogP contribution in [0, 0.1) is 13.8 Å². The lowest BCUT2D eigenvalue weighted by Gasteiger charge is -2.32. The number of aliphatic carboxylic acids is 1. The lowest BCUT2D eigenvalue weighted by Crippen LogP contribution is -2.57. The van der Waals surface area contributed by atoms with E-state index in [4.69, 9.17) is 5.11 Å². The van der Waals surface area contributed by atoms with Crippen molar-refractivity contribution >= 4 is 17.6 Å². The quantitative estimate of drug-likeness (QED) is 0.808. The van der Waals surface area contributed by atoms with E-state index in [1.165, 1.54) is 0 Å². The van der Waals surface area contributed by atoms with Gasteiger partial charge in [-0.3, -0.25) is 14.9 Å². The van der Waals surface area contributed by atoms with Crippen LogP contribution in [0.2, 0.25) is 0 Å². The monoisotopic (exact) mass is 248 g/mol. The molecule has 2 rings (SSSR count). The van der Waals surface area contributed by atoms with Crippen molar-refractivity contribution in [2.75, 3.05) is 18.0 Å². The first kappa shape index (κ1) is 12.6. The number of nitrogens with one attached hydrogen (secondary N) is 1. The van der Waals surface area contributed by atoms with Crippen LogP contribution in [0.15, 0.2) is 18.2 Å². The summed E-state index contributed by atoms with van der Waals surface area (Å²) in [5.74, 6) is -1.03. The van der Waals surface area contributed by atoms with Crippen LogP contribution < -0.4 is 10.2 Å². The number of nitrogens with zero attached hydrogens (tertiary/aromatic N) is 1. The van der Waals surface area contributed by atoms with Crippen LogP contribution in [-0.4, -0.2) is 36.1 Å². The van der Waals surface area contributed by atoms with Gasteiger partial charge in [0.25, 0.3) is 0 Å². The Balaban J connectivity index is 2.32. The number of rotatable bonds is 2. The molecule has 0 bridgehead atoms. The second kappa shape index (κ2) is 4.78. The van der Waals surface area contributed by atoms with Gasteiger partial charge in [-0.2, -0.15) is 0 Å². The maximum atomic E-state index is 11.9. The van der Waals surface area contributed by atoms with Gasteiger partial charge < -0.3 is 10.0 Å². The zero-order chi connectivity index (χ0) is 13.3. The van der Waals surface area contributed by atoms with Gasteiger partial charge in [-0.05, 0) is 31.0 Å². The fourth-order valence-corrected chi connectivity index (χ4v) is 2.06. The van der Waals surface area contributed by atoms with Crippen molar-refractivity contribution in [3.05, 3.63) is 29.3 Å². The largest absolute Gasteiger partial charge is 0.480 e. The molecule has 0 radical (unpaired) electrons. The number of piperazine rings is 1. The molecule has 5 nitrogen and oxygen atoms in total. The van der Waals surface area contributed by atoms with Gasteiger partial charge in [0, 0.05) is 5.69 Å². The summed E-state index contributed by atoms with van der Waals surface area (Å²) in [5.41, 5.74) is 2.82. The third kappa shape index (κ3) is 2.36. The van der Waals surface area contributed by atoms with E-state index in [0.29, 0.717) is 0 Å². The van der Waals surface area contributed by atoms with Crippen LogP contribution >= 0.6 is 0 Å². The first-order valence-corrected chi connectivity index (χ1v) is 5.83. The second-order valence-electron chi connectivity index (χ2n) is 4.57.